The van der Waals surface area contributed by atoms with E-state index in [0.717, 1.165) is 0 Å². The summed E-state index contributed by atoms with van der Waals surface area (Å²) < 4.78 is 91.5. The highest BCUT2D eigenvalue weighted by Crippen LogP contribution is 2.38. The van der Waals surface area contributed by atoms with Crippen LogP contribution in [-0.4, -0.2) is 31.5 Å². The van der Waals surface area contributed by atoms with Crippen LogP contribution in [0.25, 0.3) is 0 Å². The van der Waals surface area contributed by atoms with Crippen LogP contribution in [0.2, 0.25) is 0 Å². The van der Waals surface area contributed by atoms with Crippen molar-refractivity contribution in [2.24, 2.45) is 0 Å². The molecule has 0 aromatic heterocycles. The van der Waals surface area contributed by atoms with Gasteiger partial charge in [0.05, 0.1) is 7.11 Å². The van der Waals surface area contributed by atoms with Gasteiger partial charge in [0, 0.05) is 0 Å². The summed E-state index contributed by atoms with van der Waals surface area (Å²) >= 11 is 0. The predicted octanol–water partition coefficient (Wildman–Crippen LogP) is 2.48. The van der Waals surface area contributed by atoms with Crippen LogP contribution in [0.15, 0.2) is 12.2 Å². The first kappa shape index (κ1) is 15.7. The Morgan fingerprint density at radius 1 is 1.29 bits per heavy atom. The van der Waals surface area contributed by atoms with Gasteiger partial charge < -0.3 is 4.74 Å². The second-order valence-electron chi connectivity index (χ2n) is 2.51. The lowest BCUT2D eigenvalue weighted by molar-refractivity contribution is -0.343. The van der Waals surface area contributed by atoms with E-state index in [1.54, 1.807) is 0 Å². The molecule has 2 atom stereocenters. The lowest BCUT2D eigenvalue weighted by Gasteiger charge is -2.25. The predicted molar refractivity (Wildman–Crippen MR) is 38.2 cm³/mol. The minimum absolute atomic E-state index is 0.361. The molecule has 0 aliphatic rings. The molecule has 0 radical (unpaired) electrons. The topological polar surface area (TPSA) is 35.5 Å². The van der Waals surface area contributed by atoms with Gasteiger partial charge in [-0.3, -0.25) is 4.74 Å². The standard InChI is InChI=1S/C7H5F7O3/c1-16-5(15)6(11,7(12,13)14)17-4(10)3(9)2-8/h2,4H,1H3. The first-order valence-electron chi connectivity index (χ1n) is 3.72. The normalized spacial score (nSPS) is 18.5. The van der Waals surface area contributed by atoms with Gasteiger partial charge in [0.2, 0.25) is 0 Å². The zero-order chi connectivity index (χ0) is 13.9. The van der Waals surface area contributed by atoms with Crippen molar-refractivity contribution in [1.82, 2.24) is 0 Å². The summed E-state index contributed by atoms with van der Waals surface area (Å²) in [5.74, 6) is -10.4. The lowest BCUT2D eigenvalue weighted by Crippen LogP contribution is -2.52. The number of hydrogen-bond acceptors (Lipinski definition) is 3. The van der Waals surface area contributed by atoms with E-state index in [9.17, 15) is 35.5 Å². The molecular weight excluding hydrogens is 265 g/mol. The minimum atomic E-state index is -6.03. The summed E-state index contributed by atoms with van der Waals surface area (Å²) in [6, 6.07) is 0. The van der Waals surface area contributed by atoms with E-state index in [1.807, 2.05) is 0 Å². The molecule has 0 aliphatic heterocycles. The summed E-state index contributed by atoms with van der Waals surface area (Å²) in [5.41, 5.74) is 0. The molecule has 0 amide bonds. The maximum absolute atomic E-state index is 13.1. The van der Waals surface area contributed by atoms with Crippen molar-refractivity contribution in [1.29, 1.82) is 0 Å². The van der Waals surface area contributed by atoms with Crippen molar-refractivity contribution in [3.05, 3.63) is 12.2 Å². The van der Waals surface area contributed by atoms with E-state index in [0.29, 0.717) is 7.11 Å². The number of hydrogen-bond donors (Lipinski definition) is 0. The van der Waals surface area contributed by atoms with E-state index in [-0.39, 0.29) is 0 Å². The molecule has 0 spiro atoms. The number of rotatable bonds is 4. The van der Waals surface area contributed by atoms with Crippen LogP contribution < -0.4 is 0 Å². The molecule has 3 nitrogen and oxygen atoms in total. The molecular formula is C7H5F7O3. The SMILES string of the molecule is COC(=O)C(F)(OC(F)C(F)=CF)C(F)(F)F. The molecule has 0 heterocycles. The quantitative estimate of drug-likeness (QED) is 0.581. The molecule has 0 fully saturated rings. The zero-order valence-electron chi connectivity index (χ0n) is 8.03. The number of esters is 1. The monoisotopic (exact) mass is 270 g/mol. The molecule has 0 saturated heterocycles. The van der Waals surface area contributed by atoms with Gasteiger partial charge in [-0.25, -0.2) is 18.0 Å². The molecule has 10 heteroatoms. The maximum atomic E-state index is 13.1. The largest absolute Gasteiger partial charge is 0.465 e. The van der Waals surface area contributed by atoms with Crippen LogP contribution in [0.3, 0.4) is 0 Å². The molecule has 0 aliphatic carbocycles. The fraction of sp³-hybridized carbons (Fsp3) is 0.571. The van der Waals surface area contributed by atoms with Crippen LogP contribution in [0, 0.1) is 0 Å². The third-order valence-electron chi connectivity index (χ3n) is 1.40. The van der Waals surface area contributed by atoms with E-state index in [4.69, 9.17) is 0 Å². The Morgan fingerprint density at radius 2 is 1.76 bits per heavy atom. The first-order chi connectivity index (χ1) is 7.60. The highest BCUT2D eigenvalue weighted by atomic mass is 19.4. The van der Waals surface area contributed by atoms with Crippen LogP contribution in [0.4, 0.5) is 30.7 Å². The van der Waals surface area contributed by atoms with Crippen molar-refractivity contribution in [3.63, 3.8) is 0 Å². The van der Waals surface area contributed by atoms with E-state index < -0.39 is 36.5 Å². The van der Waals surface area contributed by atoms with Crippen LogP contribution in [0.1, 0.15) is 0 Å². The number of alkyl halides is 5. The van der Waals surface area contributed by atoms with Crippen molar-refractivity contribution in [3.8, 4) is 0 Å². The second kappa shape index (κ2) is 5.34. The summed E-state index contributed by atoms with van der Waals surface area (Å²) in [7, 11) is 0.361. The van der Waals surface area contributed by atoms with Crippen LogP contribution >= 0.6 is 0 Å². The summed E-state index contributed by atoms with van der Waals surface area (Å²) in [6.45, 7) is 0. The molecule has 0 bridgehead atoms. The molecule has 0 aromatic carbocycles. The van der Waals surface area contributed by atoms with Gasteiger partial charge in [-0.05, 0) is 0 Å². The lowest BCUT2D eigenvalue weighted by atomic mass is 10.3. The molecule has 17 heavy (non-hydrogen) atoms. The third-order valence-corrected chi connectivity index (χ3v) is 1.40. The van der Waals surface area contributed by atoms with Crippen molar-refractivity contribution in [2.45, 2.75) is 18.4 Å². The van der Waals surface area contributed by atoms with Gasteiger partial charge in [0.15, 0.2) is 5.83 Å². The molecule has 2 unspecified atom stereocenters. The minimum Gasteiger partial charge on any atom is -0.465 e. The van der Waals surface area contributed by atoms with Gasteiger partial charge in [0.25, 0.3) is 6.36 Å². The van der Waals surface area contributed by atoms with Crippen LogP contribution in [0.5, 0.6) is 0 Å². The van der Waals surface area contributed by atoms with Crippen molar-refractivity contribution < 1.29 is 45.0 Å². The van der Waals surface area contributed by atoms with Gasteiger partial charge in [-0.1, -0.05) is 0 Å². The summed E-state index contributed by atoms with van der Waals surface area (Å²) in [5, 5.41) is 0. The van der Waals surface area contributed by atoms with Crippen molar-refractivity contribution in [2.75, 3.05) is 7.11 Å². The average Bonchev–Trinajstić information content (AvgIpc) is 2.24. The number of carbonyl (C=O) groups excluding carboxylic acids is 1. The molecule has 100 valence electrons. The fourth-order valence-electron chi connectivity index (χ4n) is 0.610. The second-order valence-corrected chi connectivity index (χ2v) is 2.51. The van der Waals surface area contributed by atoms with E-state index in [2.05, 4.69) is 9.47 Å². The highest BCUT2D eigenvalue weighted by molar-refractivity contribution is 5.78. The number of halogens is 7. The Labute approximate surface area is 89.8 Å². The third kappa shape index (κ3) is 3.32. The number of ether oxygens (including phenoxy) is 2. The Bertz CT molecular complexity index is 313. The average molecular weight is 270 g/mol. The smallest absolute Gasteiger partial charge is 0.460 e. The molecule has 0 aromatic rings. The highest BCUT2D eigenvalue weighted by Gasteiger charge is 2.66. The Morgan fingerprint density at radius 3 is 2.06 bits per heavy atom. The van der Waals surface area contributed by atoms with E-state index in [1.165, 1.54) is 0 Å². The van der Waals surface area contributed by atoms with Crippen molar-refractivity contribution >= 4 is 5.97 Å². The molecule has 0 rings (SSSR count). The summed E-state index contributed by atoms with van der Waals surface area (Å²) in [4.78, 5) is 10.5. The Kier molecular flexibility index (Phi) is 4.93. The summed E-state index contributed by atoms with van der Waals surface area (Å²) in [6.07, 6.45) is -10.9. The Hall–Kier alpha value is -1.32. The van der Waals surface area contributed by atoms with Gasteiger partial charge >= 0.3 is 18.0 Å². The maximum Gasteiger partial charge on any atom is 0.460 e. The molecule has 0 N–H and O–H groups in total. The number of carbonyl (C=O) groups is 1. The van der Waals surface area contributed by atoms with Gasteiger partial charge in [0.1, 0.15) is 6.33 Å². The number of methoxy groups -OCH3 is 1. The fourth-order valence-corrected chi connectivity index (χ4v) is 0.610. The van der Waals surface area contributed by atoms with Gasteiger partial charge in [-0.15, -0.1) is 0 Å². The van der Waals surface area contributed by atoms with Crippen LogP contribution in [-0.2, 0) is 14.3 Å². The zero-order valence-corrected chi connectivity index (χ0v) is 8.03. The molecule has 0 saturated carbocycles. The Balaban J connectivity index is 5.18. The van der Waals surface area contributed by atoms with E-state index >= 15 is 0 Å². The first-order valence-corrected chi connectivity index (χ1v) is 3.72. The van der Waals surface area contributed by atoms with Gasteiger partial charge in [-0.2, -0.15) is 17.6 Å².